The molecule has 0 atom stereocenters. The Kier molecular flexibility index (Phi) is 6.17. The van der Waals surface area contributed by atoms with Crippen LogP contribution >= 0.6 is 0 Å². The van der Waals surface area contributed by atoms with Gasteiger partial charge in [0, 0.05) is 7.05 Å². The van der Waals surface area contributed by atoms with Crippen molar-refractivity contribution in [2.45, 2.75) is 11.8 Å². The summed E-state index contributed by atoms with van der Waals surface area (Å²) in [7, 11) is -2.54. The molecule has 26 heavy (non-hydrogen) atoms. The molecule has 2 aromatic rings. The molecule has 0 heterocycles. The number of carbonyl (C=O) groups excluding carboxylic acids is 1. The molecule has 0 fully saturated rings. The number of carbonyl (C=O) groups is 1. The summed E-state index contributed by atoms with van der Waals surface area (Å²) in [6.45, 7) is 1.38. The van der Waals surface area contributed by atoms with Crippen molar-refractivity contribution < 1.29 is 22.0 Å². The fraction of sp³-hybridized carbons (Fsp3) is 0.176. The lowest BCUT2D eigenvalue weighted by atomic mass is 10.2. The SMILES string of the molecule is Cc1ccc(S(=O)(=O)N(C)CC(=O)N/N=C\c2ccc(F)c(F)c2)cc1. The summed E-state index contributed by atoms with van der Waals surface area (Å²) in [5.74, 6) is -2.71. The van der Waals surface area contributed by atoms with E-state index in [-0.39, 0.29) is 10.5 Å². The maximum absolute atomic E-state index is 13.1. The van der Waals surface area contributed by atoms with Crippen molar-refractivity contribution in [2.24, 2.45) is 5.10 Å². The van der Waals surface area contributed by atoms with Gasteiger partial charge in [-0.2, -0.15) is 9.41 Å². The van der Waals surface area contributed by atoms with Gasteiger partial charge in [-0.3, -0.25) is 4.79 Å². The van der Waals surface area contributed by atoms with E-state index in [0.29, 0.717) is 0 Å². The van der Waals surface area contributed by atoms with Crippen LogP contribution in [0.25, 0.3) is 0 Å². The molecule has 0 aromatic heterocycles. The molecule has 138 valence electrons. The first kappa shape index (κ1) is 19.7. The first-order chi connectivity index (χ1) is 12.2. The average Bonchev–Trinajstić information content (AvgIpc) is 2.58. The van der Waals surface area contributed by atoms with Crippen molar-refractivity contribution in [2.75, 3.05) is 13.6 Å². The minimum Gasteiger partial charge on any atom is -0.272 e. The normalized spacial score (nSPS) is 11.9. The number of likely N-dealkylation sites (N-methyl/N-ethyl adjacent to an activating group) is 1. The highest BCUT2D eigenvalue weighted by Crippen LogP contribution is 2.14. The van der Waals surface area contributed by atoms with E-state index in [1.54, 1.807) is 12.1 Å². The van der Waals surface area contributed by atoms with Crippen molar-refractivity contribution in [3.05, 3.63) is 65.2 Å². The third kappa shape index (κ3) is 4.93. The Balaban J connectivity index is 1.97. The van der Waals surface area contributed by atoms with E-state index in [1.807, 2.05) is 6.92 Å². The van der Waals surface area contributed by atoms with Crippen LogP contribution in [0.5, 0.6) is 0 Å². The molecule has 0 bridgehead atoms. The fourth-order valence-corrected chi connectivity index (χ4v) is 3.11. The number of nitrogens with zero attached hydrogens (tertiary/aromatic N) is 2. The number of hydrogen-bond donors (Lipinski definition) is 1. The van der Waals surface area contributed by atoms with Crippen molar-refractivity contribution in [3.63, 3.8) is 0 Å². The van der Waals surface area contributed by atoms with Crippen molar-refractivity contribution in [1.29, 1.82) is 0 Å². The van der Waals surface area contributed by atoms with E-state index >= 15 is 0 Å². The summed E-state index contributed by atoms with van der Waals surface area (Å²) in [6, 6.07) is 9.36. The van der Waals surface area contributed by atoms with E-state index < -0.39 is 34.1 Å². The van der Waals surface area contributed by atoms with Gasteiger partial charge in [0.05, 0.1) is 17.7 Å². The molecule has 0 radical (unpaired) electrons. The number of hydrogen-bond acceptors (Lipinski definition) is 4. The molecular weight excluding hydrogens is 364 g/mol. The molecule has 0 saturated carbocycles. The van der Waals surface area contributed by atoms with Gasteiger partial charge in [-0.15, -0.1) is 0 Å². The second-order valence-corrected chi connectivity index (χ2v) is 7.59. The van der Waals surface area contributed by atoms with Crippen LogP contribution in [0.3, 0.4) is 0 Å². The number of benzene rings is 2. The van der Waals surface area contributed by atoms with Crippen LogP contribution in [0.1, 0.15) is 11.1 Å². The Morgan fingerprint density at radius 2 is 1.81 bits per heavy atom. The van der Waals surface area contributed by atoms with Crippen molar-refractivity contribution in [3.8, 4) is 0 Å². The number of halogens is 2. The second kappa shape index (κ2) is 8.15. The lowest BCUT2D eigenvalue weighted by Gasteiger charge is -2.16. The number of hydrazone groups is 1. The lowest BCUT2D eigenvalue weighted by molar-refractivity contribution is -0.121. The van der Waals surface area contributed by atoms with E-state index in [2.05, 4.69) is 10.5 Å². The van der Waals surface area contributed by atoms with Crippen LogP contribution < -0.4 is 5.43 Å². The summed E-state index contributed by atoms with van der Waals surface area (Å²) >= 11 is 0. The highest BCUT2D eigenvalue weighted by atomic mass is 32.2. The molecule has 2 aromatic carbocycles. The molecule has 0 aliphatic rings. The van der Waals surface area contributed by atoms with E-state index in [1.165, 1.54) is 25.2 Å². The summed E-state index contributed by atoms with van der Waals surface area (Å²) in [4.78, 5) is 11.9. The summed E-state index contributed by atoms with van der Waals surface area (Å²) in [5.41, 5.74) is 3.29. The Labute approximate surface area is 150 Å². The largest absolute Gasteiger partial charge is 0.272 e. The highest BCUT2D eigenvalue weighted by Gasteiger charge is 2.22. The number of rotatable bonds is 6. The van der Waals surface area contributed by atoms with E-state index in [9.17, 15) is 22.0 Å². The van der Waals surface area contributed by atoms with Gasteiger partial charge in [0.2, 0.25) is 10.0 Å². The van der Waals surface area contributed by atoms with Gasteiger partial charge in [-0.25, -0.2) is 22.6 Å². The quantitative estimate of drug-likeness (QED) is 0.614. The maximum Gasteiger partial charge on any atom is 0.255 e. The van der Waals surface area contributed by atoms with Crippen LogP contribution in [-0.2, 0) is 14.8 Å². The van der Waals surface area contributed by atoms with Crippen LogP contribution in [-0.4, -0.2) is 38.4 Å². The molecule has 9 heteroatoms. The van der Waals surface area contributed by atoms with Gasteiger partial charge < -0.3 is 0 Å². The minimum absolute atomic E-state index is 0.0729. The van der Waals surface area contributed by atoms with Gasteiger partial charge in [-0.05, 0) is 36.8 Å². The summed E-state index contributed by atoms with van der Waals surface area (Å²) in [5, 5.41) is 3.60. The zero-order chi connectivity index (χ0) is 19.3. The number of amides is 1. The zero-order valence-corrected chi connectivity index (χ0v) is 14.9. The topological polar surface area (TPSA) is 78.8 Å². The Bertz CT molecular complexity index is 929. The molecule has 1 N–H and O–H groups in total. The minimum atomic E-state index is -3.81. The molecule has 2 rings (SSSR count). The van der Waals surface area contributed by atoms with Gasteiger partial charge in [0.1, 0.15) is 0 Å². The third-order valence-electron chi connectivity index (χ3n) is 3.44. The first-order valence-corrected chi connectivity index (χ1v) is 8.94. The van der Waals surface area contributed by atoms with Crippen LogP contribution in [0, 0.1) is 18.6 Å². The monoisotopic (exact) mass is 381 g/mol. The van der Waals surface area contributed by atoms with Crippen LogP contribution in [0.4, 0.5) is 8.78 Å². The molecule has 0 saturated heterocycles. The Hall–Kier alpha value is -2.65. The van der Waals surface area contributed by atoms with Crippen LogP contribution in [0.2, 0.25) is 0 Å². The molecule has 0 aliphatic heterocycles. The Morgan fingerprint density at radius 3 is 2.42 bits per heavy atom. The highest BCUT2D eigenvalue weighted by molar-refractivity contribution is 7.89. The smallest absolute Gasteiger partial charge is 0.255 e. The summed E-state index contributed by atoms with van der Waals surface area (Å²) in [6.07, 6.45) is 1.12. The number of aryl methyl sites for hydroxylation is 1. The third-order valence-corrected chi connectivity index (χ3v) is 5.26. The Morgan fingerprint density at radius 1 is 1.15 bits per heavy atom. The zero-order valence-electron chi connectivity index (χ0n) is 14.1. The fourth-order valence-electron chi connectivity index (χ4n) is 1.98. The molecular formula is C17H17F2N3O3S. The molecule has 6 nitrogen and oxygen atoms in total. The predicted molar refractivity (Wildman–Crippen MR) is 93.1 cm³/mol. The van der Waals surface area contributed by atoms with Gasteiger partial charge in [0.15, 0.2) is 11.6 Å². The molecule has 1 amide bonds. The van der Waals surface area contributed by atoms with Gasteiger partial charge >= 0.3 is 0 Å². The van der Waals surface area contributed by atoms with Gasteiger partial charge in [-0.1, -0.05) is 23.8 Å². The number of sulfonamides is 1. The van der Waals surface area contributed by atoms with Gasteiger partial charge in [0.25, 0.3) is 5.91 Å². The van der Waals surface area contributed by atoms with E-state index in [0.717, 1.165) is 28.2 Å². The van der Waals surface area contributed by atoms with Crippen molar-refractivity contribution >= 4 is 22.1 Å². The number of nitrogens with one attached hydrogen (secondary N) is 1. The summed E-state index contributed by atoms with van der Waals surface area (Å²) < 4.78 is 51.5. The predicted octanol–water partition coefficient (Wildman–Crippen LogP) is 2.04. The molecule has 0 spiro atoms. The maximum atomic E-state index is 13.1. The second-order valence-electron chi connectivity index (χ2n) is 5.54. The van der Waals surface area contributed by atoms with Crippen molar-refractivity contribution in [1.82, 2.24) is 9.73 Å². The molecule has 0 unspecified atom stereocenters. The standard InChI is InChI=1S/C17H17F2N3O3S/c1-12-3-6-14(7-4-12)26(24,25)22(2)11-17(23)21-20-10-13-5-8-15(18)16(19)9-13/h3-10H,11H2,1-2H3,(H,21,23)/b20-10-. The first-order valence-electron chi connectivity index (χ1n) is 7.50. The lowest BCUT2D eigenvalue weighted by Crippen LogP contribution is -2.36. The van der Waals surface area contributed by atoms with E-state index in [4.69, 9.17) is 0 Å². The van der Waals surface area contributed by atoms with Crippen LogP contribution in [0.15, 0.2) is 52.5 Å². The average molecular weight is 381 g/mol. The molecule has 0 aliphatic carbocycles.